The standard InChI is InChI=1S/C23H26N2O/c1-16-6-11-20-21(13-16)22(18-7-9-19(26-3)10-8-18)14-24-23(20)25-12-4-5-17(2)15-25/h6-11,13-14,17H,4-5,12,15H2,1-3H3. The number of aryl methyl sites for hydroxylation is 1. The third-order valence-electron chi connectivity index (χ3n) is 5.38. The third-order valence-corrected chi connectivity index (χ3v) is 5.38. The Morgan fingerprint density at radius 3 is 2.62 bits per heavy atom. The summed E-state index contributed by atoms with van der Waals surface area (Å²) < 4.78 is 5.30. The maximum atomic E-state index is 5.30. The fourth-order valence-electron chi connectivity index (χ4n) is 3.98. The van der Waals surface area contributed by atoms with Gasteiger partial charge in [0.15, 0.2) is 0 Å². The lowest BCUT2D eigenvalue weighted by Gasteiger charge is -2.32. The van der Waals surface area contributed by atoms with Crippen LogP contribution in [0.25, 0.3) is 21.9 Å². The molecule has 1 unspecified atom stereocenters. The van der Waals surface area contributed by atoms with Crippen LogP contribution < -0.4 is 9.64 Å². The molecule has 1 aliphatic heterocycles. The molecule has 2 heterocycles. The zero-order valence-electron chi connectivity index (χ0n) is 15.8. The van der Waals surface area contributed by atoms with Gasteiger partial charge < -0.3 is 9.64 Å². The van der Waals surface area contributed by atoms with E-state index in [2.05, 4.69) is 49.1 Å². The smallest absolute Gasteiger partial charge is 0.136 e. The Morgan fingerprint density at radius 2 is 1.88 bits per heavy atom. The molecule has 1 aliphatic rings. The molecule has 3 nitrogen and oxygen atoms in total. The molecule has 0 bridgehead atoms. The Hall–Kier alpha value is -2.55. The molecule has 0 N–H and O–H groups in total. The lowest BCUT2D eigenvalue weighted by molar-refractivity contribution is 0.415. The van der Waals surface area contributed by atoms with Crippen molar-refractivity contribution in [3.05, 3.63) is 54.2 Å². The van der Waals surface area contributed by atoms with Crippen LogP contribution in [-0.4, -0.2) is 25.2 Å². The first-order valence-corrected chi connectivity index (χ1v) is 9.44. The van der Waals surface area contributed by atoms with Crippen LogP contribution in [0.5, 0.6) is 5.75 Å². The van der Waals surface area contributed by atoms with E-state index >= 15 is 0 Å². The van der Waals surface area contributed by atoms with Gasteiger partial charge >= 0.3 is 0 Å². The molecule has 0 spiro atoms. The summed E-state index contributed by atoms with van der Waals surface area (Å²) in [6.45, 7) is 6.69. The van der Waals surface area contributed by atoms with Crippen LogP contribution in [0.2, 0.25) is 0 Å². The quantitative estimate of drug-likeness (QED) is 0.630. The zero-order valence-corrected chi connectivity index (χ0v) is 15.8. The molecule has 0 saturated carbocycles. The van der Waals surface area contributed by atoms with Gasteiger partial charge in [0.2, 0.25) is 0 Å². The summed E-state index contributed by atoms with van der Waals surface area (Å²) in [6, 6.07) is 15.0. The van der Waals surface area contributed by atoms with Crippen molar-refractivity contribution in [1.29, 1.82) is 0 Å². The summed E-state index contributed by atoms with van der Waals surface area (Å²) >= 11 is 0. The summed E-state index contributed by atoms with van der Waals surface area (Å²) in [4.78, 5) is 7.37. The highest BCUT2D eigenvalue weighted by Crippen LogP contribution is 2.35. The predicted octanol–water partition coefficient (Wildman–Crippen LogP) is 5.46. The lowest BCUT2D eigenvalue weighted by Crippen LogP contribution is -2.34. The minimum Gasteiger partial charge on any atom is -0.497 e. The summed E-state index contributed by atoms with van der Waals surface area (Å²) in [5, 5.41) is 2.52. The van der Waals surface area contributed by atoms with Crippen LogP contribution in [-0.2, 0) is 0 Å². The number of hydrogen-bond donors (Lipinski definition) is 0. The van der Waals surface area contributed by atoms with E-state index < -0.39 is 0 Å². The highest BCUT2D eigenvalue weighted by atomic mass is 16.5. The van der Waals surface area contributed by atoms with Crippen LogP contribution in [0.1, 0.15) is 25.3 Å². The van der Waals surface area contributed by atoms with E-state index in [1.807, 2.05) is 18.3 Å². The number of methoxy groups -OCH3 is 1. The highest BCUT2D eigenvalue weighted by Gasteiger charge is 2.20. The second-order valence-corrected chi connectivity index (χ2v) is 7.47. The number of piperidine rings is 1. The number of fused-ring (bicyclic) bond motifs is 1. The summed E-state index contributed by atoms with van der Waals surface area (Å²) in [7, 11) is 1.70. The second-order valence-electron chi connectivity index (χ2n) is 7.47. The minimum absolute atomic E-state index is 0.729. The van der Waals surface area contributed by atoms with Crippen molar-refractivity contribution in [3.63, 3.8) is 0 Å². The van der Waals surface area contributed by atoms with Crippen molar-refractivity contribution in [2.24, 2.45) is 5.92 Å². The number of pyridine rings is 1. The van der Waals surface area contributed by atoms with Crippen molar-refractivity contribution in [3.8, 4) is 16.9 Å². The first-order valence-electron chi connectivity index (χ1n) is 9.44. The van der Waals surface area contributed by atoms with Crippen LogP contribution in [0.4, 0.5) is 5.82 Å². The van der Waals surface area contributed by atoms with Crippen molar-refractivity contribution < 1.29 is 4.74 Å². The summed E-state index contributed by atoms with van der Waals surface area (Å²) in [6.07, 6.45) is 4.60. The molecule has 26 heavy (non-hydrogen) atoms. The molecule has 3 heteroatoms. The monoisotopic (exact) mass is 346 g/mol. The second kappa shape index (κ2) is 6.99. The zero-order chi connectivity index (χ0) is 18.1. The SMILES string of the molecule is COc1ccc(-c2cnc(N3CCCC(C)C3)c3ccc(C)cc23)cc1. The first-order chi connectivity index (χ1) is 12.7. The van der Waals surface area contributed by atoms with Crippen LogP contribution in [0, 0.1) is 12.8 Å². The Balaban J connectivity index is 1.84. The average molecular weight is 346 g/mol. The molecule has 1 fully saturated rings. The van der Waals surface area contributed by atoms with E-state index in [1.54, 1.807) is 7.11 Å². The summed E-state index contributed by atoms with van der Waals surface area (Å²) in [5.41, 5.74) is 3.63. The molecule has 0 aliphatic carbocycles. The first kappa shape index (κ1) is 16.9. The molecular formula is C23H26N2O. The van der Waals surface area contributed by atoms with Crippen molar-refractivity contribution in [2.75, 3.05) is 25.1 Å². The van der Waals surface area contributed by atoms with Gasteiger partial charge in [-0.2, -0.15) is 0 Å². The molecular weight excluding hydrogens is 320 g/mol. The fourth-order valence-corrected chi connectivity index (χ4v) is 3.98. The van der Waals surface area contributed by atoms with Gasteiger partial charge in [-0.15, -0.1) is 0 Å². The number of rotatable bonds is 3. The maximum Gasteiger partial charge on any atom is 0.136 e. The molecule has 4 rings (SSSR count). The Kier molecular flexibility index (Phi) is 4.54. The van der Waals surface area contributed by atoms with Gasteiger partial charge in [0.05, 0.1) is 7.11 Å². The number of nitrogens with zero attached hydrogens (tertiary/aromatic N) is 2. The molecule has 1 saturated heterocycles. The van der Waals surface area contributed by atoms with E-state index in [4.69, 9.17) is 9.72 Å². The largest absolute Gasteiger partial charge is 0.497 e. The van der Waals surface area contributed by atoms with Crippen LogP contribution >= 0.6 is 0 Å². The normalized spacial score (nSPS) is 17.5. The topological polar surface area (TPSA) is 25.4 Å². The lowest BCUT2D eigenvalue weighted by atomic mass is 9.97. The molecule has 3 aromatic rings. The van der Waals surface area contributed by atoms with Crippen molar-refractivity contribution >= 4 is 16.6 Å². The number of hydrogen-bond acceptors (Lipinski definition) is 3. The highest BCUT2D eigenvalue weighted by molar-refractivity contribution is 6.02. The van der Waals surface area contributed by atoms with Gasteiger partial charge in [-0.1, -0.05) is 42.8 Å². The van der Waals surface area contributed by atoms with E-state index in [9.17, 15) is 0 Å². The molecule has 1 aromatic heterocycles. The van der Waals surface area contributed by atoms with E-state index in [-0.39, 0.29) is 0 Å². The Bertz CT molecular complexity index is 917. The molecule has 1 atom stereocenters. The van der Waals surface area contributed by atoms with E-state index in [0.717, 1.165) is 30.6 Å². The third kappa shape index (κ3) is 3.14. The van der Waals surface area contributed by atoms with Gasteiger partial charge in [0.1, 0.15) is 11.6 Å². The average Bonchev–Trinajstić information content (AvgIpc) is 2.67. The van der Waals surface area contributed by atoms with Crippen LogP contribution in [0.3, 0.4) is 0 Å². The molecule has 2 aromatic carbocycles. The Labute approximate surface area is 155 Å². The van der Waals surface area contributed by atoms with Crippen molar-refractivity contribution in [1.82, 2.24) is 4.98 Å². The van der Waals surface area contributed by atoms with E-state index in [0.29, 0.717) is 0 Å². The molecule has 0 radical (unpaired) electrons. The number of aromatic nitrogens is 1. The predicted molar refractivity (Wildman–Crippen MR) is 109 cm³/mol. The van der Waals surface area contributed by atoms with Gasteiger partial charge in [-0.05, 0) is 48.8 Å². The van der Waals surface area contributed by atoms with E-state index in [1.165, 1.54) is 40.3 Å². The number of ether oxygens (including phenoxy) is 1. The van der Waals surface area contributed by atoms with Gasteiger partial charge in [0.25, 0.3) is 0 Å². The summed E-state index contributed by atoms with van der Waals surface area (Å²) in [5.74, 6) is 2.73. The van der Waals surface area contributed by atoms with Crippen molar-refractivity contribution in [2.45, 2.75) is 26.7 Å². The van der Waals surface area contributed by atoms with Crippen LogP contribution in [0.15, 0.2) is 48.7 Å². The minimum atomic E-state index is 0.729. The number of benzene rings is 2. The van der Waals surface area contributed by atoms with Gasteiger partial charge in [-0.3, -0.25) is 0 Å². The number of anilines is 1. The van der Waals surface area contributed by atoms with Gasteiger partial charge in [-0.25, -0.2) is 4.98 Å². The van der Waals surface area contributed by atoms with Gasteiger partial charge in [0, 0.05) is 30.2 Å². The fraction of sp³-hybridized carbons (Fsp3) is 0.348. The maximum absolute atomic E-state index is 5.30. The Morgan fingerprint density at radius 1 is 1.08 bits per heavy atom. The molecule has 134 valence electrons. The molecule has 0 amide bonds.